The van der Waals surface area contributed by atoms with Gasteiger partial charge in [-0.05, 0) is 30.2 Å². The van der Waals surface area contributed by atoms with Crippen molar-refractivity contribution in [1.82, 2.24) is 24.9 Å². The Labute approximate surface area is 150 Å². The first-order chi connectivity index (χ1) is 12.1. The average Bonchev–Trinajstić information content (AvgIpc) is 3.19. The molecule has 0 fully saturated rings. The number of rotatable bonds is 7. The topological polar surface area (TPSA) is 78.9 Å². The molecule has 132 valence electrons. The maximum Gasteiger partial charge on any atom is 0.226 e. The number of aromatic nitrogens is 5. The molecule has 0 radical (unpaired) electrons. The van der Waals surface area contributed by atoms with Crippen LogP contribution in [0.5, 0.6) is 5.75 Å². The van der Waals surface area contributed by atoms with Crippen LogP contribution in [0.15, 0.2) is 33.9 Å². The van der Waals surface area contributed by atoms with Gasteiger partial charge in [-0.3, -0.25) is 0 Å². The maximum absolute atomic E-state index is 5.26. The molecule has 0 amide bonds. The molecule has 8 heteroatoms. The summed E-state index contributed by atoms with van der Waals surface area (Å²) in [4.78, 5) is 4.41. The Kier molecular flexibility index (Phi) is 5.37. The van der Waals surface area contributed by atoms with Gasteiger partial charge in [-0.2, -0.15) is 4.98 Å². The normalized spacial score (nSPS) is 11.2. The molecule has 0 atom stereocenters. The molecule has 0 N–H and O–H groups in total. The Morgan fingerprint density at radius 2 is 1.96 bits per heavy atom. The monoisotopic (exact) mass is 359 g/mol. The molecule has 7 nitrogen and oxygen atoms in total. The van der Waals surface area contributed by atoms with Crippen LogP contribution in [-0.4, -0.2) is 32.0 Å². The number of thioether (sulfide) groups is 1. The predicted molar refractivity (Wildman–Crippen MR) is 95.4 cm³/mol. The Morgan fingerprint density at radius 1 is 1.20 bits per heavy atom. The summed E-state index contributed by atoms with van der Waals surface area (Å²) in [6.45, 7) is 4.25. The Morgan fingerprint density at radius 3 is 2.64 bits per heavy atom. The third kappa shape index (κ3) is 4.19. The molecule has 3 rings (SSSR count). The summed E-state index contributed by atoms with van der Waals surface area (Å²) in [5.74, 6) is 4.06. The fourth-order valence-corrected chi connectivity index (χ4v) is 3.10. The highest BCUT2D eigenvalue weighted by Crippen LogP contribution is 2.25. The van der Waals surface area contributed by atoms with Gasteiger partial charge in [0.25, 0.3) is 0 Å². The molecule has 2 aromatic heterocycles. The number of nitrogens with zero attached hydrogens (tertiary/aromatic N) is 5. The lowest BCUT2D eigenvalue weighted by molar-refractivity contribution is 0.360. The number of benzene rings is 1. The molecule has 0 spiro atoms. The van der Waals surface area contributed by atoms with E-state index in [4.69, 9.17) is 9.26 Å². The summed E-state index contributed by atoms with van der Waals surface area (Å²) in [5, 5.41) is 13.4. The van der Waals surface area contributed by atoms with Crippen LogP contribution >= 0.6 is 11.8 Å². The fraction of sp³-hybridized carbons (Fsp3) is 0.412. The molecular formula is C17H21N5O2S. The number of hydrogen-bond donors (Lipinski definition) is 0. The van der Waals surface area contributed by atoms with E-state index < -0.39 is 0 Å². The van der Waals surface area contributed by atoms with Crippen LogP contribution in [-0.2, 0) is 19.2 Å². The molecule has 0 saturated carbocycles. The van der Waals surface area contributed by atoms with Gasteiger partial charge < -0.3 is 13.8 Å². The van der Waals surface area contributed by atoms with E-state index in [1.807, 2.05) is 35.9 Å². The van der Waals surface area contributed by atoms with Crippen LogP contribution in [0.4, 0.5) is 0 Å². The molecule has 0 saturated heterocycles. The second kappa shape index (κ2) is 7.69. The van der Waals surface area contributed by atoms with Crippen LogP contribution in [0.25, 0.3) is 11.4 Å². The van der Waals surface area contributed by atoms with Gasteiger partial charge >= 0.3 is 0 Å². The lowest BCUT2D eigenvalue weighted by atomic mass is 10.1. The zero-order valence-electron chi connectivity index (χ0n) is 14.8. The summed E-state index contributed by atoms with van der Waals surface area (Å²) in [7, 11) is 3.60. The van der Waals surface area contributed by atoms with Gasteiger partial charge in [-0.25, -0.2) is 0 Å². The largest absolute Gasteiger partial charge is 0.497 e. The molecule has 25 heavy (non-hydrogen) atoms. The van der Waals surface area contributed by atoms with Gasteiger partial charge in [0.05, 0.1) is 12.9 Å². The molecule has 3 aromatic rings. The smallest absolute Gasteiger partial charge is 0.226 e. The van der Waals surface area contributed by atoms with Crippen molar-refractivity contribution in [3.63, 3.8) is 0 Å². The van der Waals surface area contributed by atoms with Crippen molar-refractivity contribution in [1.29, 1.82) is 0 Å². The third-order valence-electron chi connectivity index (χ3n) is 3.61. The van der Waals surface area contributed by atoms with Gasteiger partial charge in [-0.15, -0.1) is 10.2 Å². The zero-order valence-corrected chi connectivity index (χ0v) is 15.6. The summed E-state index contributed by atoms with van der Waals surface area (Å²) >= 11 is 1.54. The molecule has 2 heterocycles. The fourth-order valence-electron chi connectivity index (χ4n) is 2.34. The van der Waals surface area contributed by atoms with Crippen LogP contribution in [0, 0.1) is 5.92 Å². The molecule has 1 aromatic carbocycles. The average molecular weight is 359 g/mol. The van der Waals surface area contributed by atoms with Crippen LogP contribution in [0.3, 0.4) is 0 Å². The number of ether oxygens (including phenoxy) is 1. The second-order valence-electron chi connectivity index (χ2n) is 6.08. The second-order valence-corrected chi connectivity index (χ2v) is 7.03. The minimum absolute atomic E-state index is 0.492. The van der Waals surface area contributed by atoms with Crippen LogP contribution in [0.2, 0.25) is 0 Å². The first kappa shape index (κ1) is 17.5. The van der Waals surface area contributed by atoms with E-state index >= 15 is 0 Å². The number of hydrogen-bond acceptors (Lipinski definition) is 7. The van der Waals surface area contributed by atoms with Crippen molar-refractivity contribution in [3.8, 4) is 17.1 Å². The van der Waals surface area contributed by atoms with E-state index in [0.29, 0.717) is 23.4 Å². The highest BCUT2D eigenvalue weighted by molar-refractivity contribution is 7.98. The van der Waals surface area contributed by atoms with Crippen molar-refractivity contribution in [2.75, 3.05) is 7.11 Å². The van der Waals surface area contributed by atoms with Crippen molar-refractivity contribution < 1.29 is 9.26 Å². The summed E-state index contributed by atoms with van der Waals surface area (Å²) in [6, 6.07) is 7.75. The van der Waals surface area contributed by atoms with E-state index in [1.165, 1.54) is 11.8 Å². The van der Waals surface area contributed by atoms with Crippen molar-refractivity contribution >= 4 is 11.8 Å². The highest BCUT2D eigenvalue weighted by atomic mass is 32.2. The van der Waals surface area contributed by atoms with E-state index in [9.17, 15) is 0 Å². The predicted octanol–water partition coefficient (Wildman–Crippen LogP) is 3.36. The quantitative estimate of drug-likeness (QED) is 0.598. The van der Waals surface area contributed by atoms with Crippen molar-refractivity contribution in [3.05, 3.63) is 36.0 Å². The molecule has 0 aliphatic heterocycles. The SMILES string of the molecule is COc1ccc(-c2nnc(SCc3noc(CC(C)C)n3)n2C)cc1. The van der Waals surface area contributed by atoms with E-state index in [2.05, 4.69) is 34.2 Å². The van der Waals surface area contributed by atoms with Gasteiger partial charge in [-0.1, -0.05) is 30.8 Å². The zero-order chi connectivity index (χ0) is 17.8. The number of methoxy groups -OCH3 is 1. The van der Waals surface area contributed by atoms with Gasteiger partial charge in [0, 0.05) is 19.0 Å². The molecule has 0 unspecified atom stereocenters. The third-order valence-corrected chi connectivity index (χ3v) is 4.62. The van der Waals surface area contributed by atoms with Crippen molar-refractivity contribution in [2.45, 2.75) is 31.2 Å². The Balaban J connectivity index is 1.67. The lowest BCUT2D eigenvalue weighted by Crippen LogP contribution is -1.96. The molecule has 0 bridgehead atoms. The standard InChI is InChI=1S/C17H21N5O2S/c1-11(2)9-15-18-14(21-24-15)10-25-17-20-19-16(22(17)3)12-5-7-13(23-4)8-6-12/h5-8,11H,9-10H2,1-4H3. The van der Waals surface area contributed by atoms with E-state index in [-0.39, 0.29) is 0 Å². The Bertz CT molecular complexity index is 826. The molecular weight excluding hydrogens is 338 g/mol. The molecule has 0 aliphatic carbocycles. The van der Waals surface area contributed by atoms with Crippen molar-refractivity contribution in [2.24, 2.45) is 13.0 Å². The summed E-state index contributed by atoms with van der Waals surface area (Å²) < 4.78 is 12.4. The van der Waals surface area contributed by atoms with Crippen LogP contribution < -0.4 is 4.74 Å². The highest BCUT2D eigenvalue weighted by Gasteiger charge is 2.14. The van der Waals surface area contributed by atoms with Gasteiger partial charge in [0.2, 0.25) is 5.89 Å². The van der Waals surface area contributed by atoms with E-state index in [0.717, 1.165) is 28.7 Å². The first-order valence-corrected chi connectivity index (χ1v) is 9.03. The molecule has 0 aliphatic rings. The maximum atomic E-state index is 5.26. The minimum atomic E-state index is 0.492. The summed E-state index contributed by atoms with van der Waals surface area (Å²) in [6.07, 6.45) is 0.795. The minimum Gasteiger partial charge on any atom is -0.497 e. The van der Waals surface area contributed by atoms with Gasteiger partial charge in [0.1, 0.15) is 5.75 Å². The lowest BCUT2D eigenvalue weighted by Gasteiger charge is -2.04. The summed E-state index contributed by atoms with van der Waals surface area (Å²) in [5.41, 5.74) is 0.987. The van der Waals surface area contributed by atoms with Crippen LogP contribution in [0.1, 0.15) is 25.6 Å². The first-order valence-electron chi connectivity index (χ1n) is 8.05. The van der Waals surface area contributed by atoms with E-state index in [1.54, 1.807) is 7.11 Å². The Hall–Kier alpha value is -2.35. The van der Waals surface area contributed by atoms with Gasteiger partial charge in [0.15, 0.2) is 16.8 Å².